The highest BCUT2D eigenvalue weighted by Gasteiger charge is 2.28. The summed E-state index contributed by atoms with van der Waals surface area (Å²) in [5, 5.41) is 7.55. The Hall–Kier alpha value is -2.97. The Kier molecular flexibility index (Phi) is 6.20. The lowest BCUT2D eigenvalue weighted by molar-refractivity contribution is 0.0953. The van der Waals surface area contributed by atoms with Gasteiger partial charge in [0, 0.05) is 34.4 Å². The number of rotatable bonds is 4. The van der Waals surface area contributed by atoms with Crippen LogP contribution in [0.4, 0.5) is 5.69 Å². The van der Waals surface area contributed by atoms with E-state index in [1.165, 1.54) is 6.20 Å². The first-order chi connectivity index (χ1) is 14.9. The molecular formula is C22H18BrClN4O3. The number of furan rings is 1. The highest BCUT2D eigenvalue weighted by atomic mass is 79.9. The van der Waals surface area contributed by atoms with Gasteiger partial charge in [0.05, 0.1) is 22.0 Å². The number of hydrogen-bond acceptors (Lipinski definition) is 5. The first-order valence-corrected chi connectivity index (χ1v) is 10.8. The molecule has 0 radical (unpaired) electrons. The standard InChI is InChI=1S/C22H18BrClN4O3/c1-12-19-17(27-28-21(29)13-9-14(23)11-25-10-13)7-4-8-18(19)31-20(12)22(30)26-16-6-3-2-5-15(16)24/h2-3,5-6,9-11H,4,7-8H2,1H3,(H,26,30)(H,28,29)/b27-17+. The molecule has 0 bridgehead atoms. The Bertz CT molecular complexity index is 1210. The molecule has 1 aromatic carbocycles. The zero-order valence-corrected chi connectivity index (χ0v) is 18.9. The van der Waals surface area contributed by atoms with E-state index in [2.05, 4.69) is 36.8 Å². The molecule has 0 atom stereocenters. The van der Waals surface area contributed by atoms with E-state index in [1.807, 2.05) is 6.92 Å². The van der Waals surface area contributed by atoms with Crippen molar-refractivity contribution < 1.29 is 14.0 Å². The minimum Gasteiger partial charge on any atom is -0.455 e. The van der Waals surface area contributed by atoms with Gasteiger partial charge >= 0.3 is 0 Å². The van der Waals surface area contributed by atoms with Crippen LogP contribution in [0.1, 0.15) is 50.6 Å². The maximum absolute atomic E-state index is 12.8. The lowest BCUT2D eigenvalue weighted by Crippen LogP contribution is -2.22. The molecular weight excluding hydrogens is 484 g/mol. The van der Waals surface area contributed by atoms with Crippen molar-refractivity contribution in [2.45, 2.75) is 26.2 Å². The smallest absolute Gasteiger partial charge is 0.291 e. The van der Waals surface area contributed by atoms with Crippen LogP contribution in [0.5, 0.6) is 0 Å². The van der Waals surface area contributed by atoms with Crippen LogP contribution in [0.15, 0.2) is 56.7 Å². The van der Waals surface area contributed by atoms with Crippen molar-refractivity contribution in [3.05, 3.63) is 80.4 Å². The lowest BCUT2D eigenvalue weighted by atomic mass is 9.93. The first-order valence-electron chi connectivity index (χ1n) is 9.60. The molecule has 0 aliphatic heterocycles. The predicted octanol–water partition coefficient (Wildman–Crippen LogP) is 5.12. The van der Waals surface area contributed by atoms with Gasteiger partial charge in [0.2, 0.25) is 0 Å². The van der Waals surface area contributed by atoms with Crippen molar-refractivity contribution in [2.24, 2.45) is 5.10 Å². The second-order valence-electron chi connectivity index (χ2n) is 7.03. The van der Waals surface area contributed by atoms with E-state index < -0.39 is 0 Å². The Morgan fingerprint density at radius 3 is 2.77 bits per heavy atom. The quantitative estimate of drug-likeness (QED) is 0.485. The Morgan fingerprint density at radius 2 is 2.00 bits per heavy atom. The van der Waals surface area contributed by atoms with Crippen LogP contribution in [0, 0.1) is 6.92 Å². The normalized spacial score (nSPS) is 14.2. The molecule has 0 fully saturated rings. The van der Waals surface area contributed by atoms with Gasteiger partial charge < -0.3 is 9.73 Å². The molecule has 2 aromatic heterocycles. The van der Waals surface area contributed by atoms with E-state index in [1.54, 1.807) is 36.5 Å². The van der Waals surface area contributed by atoms with Crippen molar-refractivity contribution in [1.29, 1.82) is 0 Å². The highest BCUT2D eigenvalue weighted by molar-refractivity contribution is 9.10. The fourth-order valence-corrected chi connectivity index (χ4v) is 4.00. The second-order valence-corrected chi connectivity index (χ2v) is 8.36. The fraction of sp³-hybridized carbons (Fsp3) is 0.182. The predicted molar refractivity (Wildman–Crippen MR) is 122 cm³/mol. The number of hydrogen-bond donors (Lipinski definition) is 2. The summed E-state index contributed by atoms with van der Waals surface area (Å²) in [6.45, 7) is 1.81. The van der Waals surface area contributed by atoms with Crippen LogP contribution in [-0.4, -0.2) is 22.5 Å². The maximum atomic E-state index is 12.8. The summed E-state index contributed by atoms with van der Waals surface area (Å²) in [5.74, 6) is 0.141. The molecule has 0 unspecified atom stereocenters. The van der Waals surface area contributed by atoms with E-state index in [0.29, 0.717) is 50.6 Å². The molecule has 2 heterocycles. The molecule has 4 rings (SSSR count). The summed E-state index contributed by atoms with van der Waals surface area (Å²) in [6.07, 6.45) is 5.22. The number of hydrazone groups is 1. The van der Waals surface area contributed by atoms with Gasteiger partial charge in [-0.05, 0) is 53.9 Å². The fourth-order valence-electron chi connectivity index (χ4n) is 3.46. The van der Waals surface area contributed by atoms with Gasteiger partial charge in [-0.25, -0.2) is 5.43 Å². The van der Waals surface area contributed by atoms with Gasteiger partial charge in [-0.3, -0.25) is 14.6 Å². The monoisotopic (exact) mass is 500 g/mol. The number of aromatic nitrogens is 1. The molecule has 0 saturated carbocycles. The zero-order valence-electron chi connectivity index (χ0n) is 16.5. The maximum Gasteiger partial charge on any atom is 0.291 e. The zero-order chi connectivity index (χ0) is 22.0. The molecule has 1 aliphatic rings. The summed E-state index contributed by atoms with van der Waals surface area (Å²) in [4.78, 5) is 29.2. The Balaban J connectivity index is 1.58. The number of fused-ring (bicyclic) bond motifs is 1. The number of carbonyl (C=O) groups is 2. The number of halogens is 2. The number of carbonyl (C=O) groups excluding carboxylic acids is 2. The molecule has 7 nitrogen and oxygen atoms in total. The van der Waals surface area contributed by atoms with E-state index in [-0.39, 0.29) is 17.6 Å². The third-order valence-corrected chi connectivity index (χ3v) is 5.68. The van der Waals surface area contributed by atoms with Crippen molar-refractivity contribution in [3.63, 3.8) is 0 Å². The second kappa shape index (κ2) is 9.03. The molecule has 2 N–H and O–H groups in total. The summed E-state index contributed by atoms with van der Waals surface area (Å²) in [6, 6.07) is 8.66. The topological polar surface area (TPSA) is 96.6 Å². The molecule has 0 spiro atoms. The van der Waals surface area contributed by atoms with Crippen LogP contribution in [0.2, 0.25) is 5.02 Å². The van der Waals surface area contributed by atoms with Crippen LogP contribution < -0.4 is 10.7 Å². The molecule has 0 saturated heterocycles. The van der Waals surface area contributed by atoms with Gasteiger partial charge in [0.1, 0.15) is 5.76 Å². The Labute approximate surface area is 192 Å². The van der Waals surface area contributed by atoms with Crippen molar-refractivity contribution in [1.82, 2.24) is 10.4 Å². The van der Waals surface area contributed by atoms with E-state index in [0.717, 1.165) is 12.0 Å². The summed E-state index contributed by atoms with van der Waals surface area (Å²) < 4.78 is 6.58. The average Bonchev–Trinajstić information content (AvgIpc) is 3.11. The lowest BCUT2D eigenvalue weighted by Gasteiger charge is -2.13. The third-order valence-electron chi connectivity index (χ3n) is 4.91. The highest BCUT2D eigenvalue weighted by Crippen LogP contribution is 2.31. The molecule has 158 valence electrons. The van der Waals surface area contributed by atoms with Crippen molar-refractivity contribution in [2.75, 3.05) is 5.32 Å². The average molecular weight is 502 g/mol. The Morgan fingerprint density at radius 1 is 1.19 bits per heavy atom. The van der Waals surface area contributed by atoms with Crippen molar-refractivity contribution in [3.8, 4) is 0 Å². The van der Waals surface area contributed by atoms with Gasteiger partial charge in [-0.1, -0.05) is 23.7 Å². The molecule has 1 aliphatic carbocycles. The van der Waals surface area contributed by atoms with E-state index in [9.17, 15) is 9.59 Å². The number of pyridine rings is 1. The van der Waals surface area contributed by atoms with Crippen LogP contribution >= 0.6 is 27.5 Å². The van der Waals surface area contributed by atoms with E-state index >= 15 is 0 Å². The molecule has 3 aromatic rings. The van der Waals surface area contributed by atoms with Gasteiger partial charge in [-0.2, -0.15) is 5.10 Å². The molecule has 31 heavy (non-hydrogen) atoms. The SMILES string of the molecule is Cc1c(C(=O)Nc2ccccc2Cl)oc2c1/C(=N/NC(=O)c1cncc(Br)c1)CCC2. The number of benzene rings is 1. The van der Waals surface area contributed by atoms with Crippen LogP contribution in [0.25, 0.3) is 0 Å². The molecule has 9 heteroatoms. The van der Waals surface area contributed by atoms with E-state index in [4.69, 9.17) is 16.0 Å². The van der Waals surface area contributed by atoms with Crippen LogP contribution in [-0.2, 0) is 6.42 Å². The number of nitrogens with zero attached hydrogens (tertiary/aromatic N) is 2. The molecule has 2 amide bonds. The number of amides is 2. The minimum absolute atomic E-state index is 0.210. The largest absolute Gasteiger partial charge is 0.455 e. The first kappa shape index (κ1) is 21.3. The van der Waals surface area contributed by atoms with Gasteiger partial charge in [0.15, 0.2) is 5.76 Å². The van der Waals surface area contributed by atoms with Gasteiger partial charge in [0.25, 0.3) is 11.8 Å². The number of para-hydroxylation sites is 1. The minimum atomic E-state index is -0.386. The van der Waals surface area contributed by atoms with Crippen LogP contribution in [0.3, 0.4) is 0 Å². The summed E-state index contributed by atoms with van der Waals surface area (Å²) in [5.41, 5.74) is 5.59. The third kappa shape index (κ3) is 4.55. The summed E-state index contributed by atoms with van der Waals surface area (Å²) >= 11 is 9.44. The number of nitrogens with one attached hydrogen (secondary N) is 2. The summed E-state index contributed by atoms with van der Waals surface area (Å²) in [7, 11) is 0. The number of anilines is 1. The van der Waals surface area contributed by atoms with Crippen molar-refractivity contribution >= 4 is 50.7 Å². The number of aryl methyl sites for hydroxylation is 1. The van der Waals surface area contributed by atoms with Gasteiger partial charge in [-0.15, -0.1) is 0 Å².